The van der Waals surface area contributed by atoms with Gasteiger partial charge in [-0.2, -0.15) is 0 Å². The number of aldehydes is 1. The summed E-state index contributed by atoms with van der Waals surface area (Å²) in [5.41, 5.74) is 5.58. The minimum atomic E-state index is -0.319. The average Bonchev–Trinajstić information content (AvgIpc) is 2.59. The van der Waals surface area contributed by atoms with Crippen molar-refractivity contribution in [2.75, 3.05) is 13.7 Å². The predicted octanol–water partition coefficient (Wildman–Crippen LogP) is 4.46. The smallest absolute Gasteiger partial charge is 0.338 e. The van der Waals surface area contributed by atoms with Crippen LogP contribution in [0.4, 0.5) is 0 Å². The molecule has 0 saturated heterocycles. The third kappa shape index (κ3) is 4.08. The monoisotopic (exact) mass is 340 g/mol. The maximum absolute atomic E-state index is 12.0. The first-order chi connectivity index (χ1) is 11.9. The molecule has 0 bridgehead atoms. The molecule has 0 unspecified atom stereocenters. The number of aryl methyl sites for hydroxylation is 2. The van der Waals surface area contributed by atoms with Crippen molar-refractivity contribution in [1.29, 1.82) is 0 Å². The predicted molar refractivity (Wildman–Crippen MR) is 98.3 cm³/mol. The topological polar surface area (TPSA) is 52.6 Å². The Morgan fingerprint density at radius 3 is 2.24 bits per heavy atom. The molecular weight excluding hydrogens is 316 g/mol. The largest absolute Gasteiger partial charge is 0.486 e. The molecule has 132 valence electrons. The van der Waals surface area contributed by atoms with Crippen LogP contribution in [0.1, 0.15) is 46.8 Å². The molecular formula is C21H24O4. The zero-order valence-corrected chi connectivity index (χ0v) is 15.4. The summed E-state index contributed by atoms with van der Waals surface area (Å²) in [7, 11) is 1.39. The molecule has 0 spiro atoms. The maximum Gasteiger partial charge on any atom is 0.338 e. The Hall–Kier alpha value is -2.62. The molecule has 0 heterocycles. The molecule has 4 nitrogen and oxygen atoms in total. The molecule has 0 aliphatic rings. The lowest BCUT2D eigenvalue weighted by molar-refractivity contribution is -0.109. The van der Waals surface area contributed by atoms with E-state index in [0.717, 1.165) is 39.9 Å². The van der Waals surface area contributed by atoms with Crippen molar-refractivity contribution in [3.63, 3.8) is 0 Å². The summed E-state index contributed by atoms with van der Waals surface area (Å²) in [5.74, 6) is 0.623. The van der Waals surface area contributed by atoms with Gasteiger partial charge in [0.2, 0.25) is 0 Å². The van der Waals surface area contributed by atoms with Gasteiger partial charge >= 0.3 is 5.97 Å². The highest BCUT2D eigenvalue weighted by Crippen LogP contribution is 2.32. The molecule has 0 saturated carbocycles. The van der Waals surface area contributed by atoms with Crippen LogP contribution < -0.4 is 4.74 Å². The van der Waals surface area contributed by atoms with Gasteiger partial charge in [0.05, 0.1) is 12.7 Å². The summed E-state index contributed by atoms with van der Waals surface area (Å²) in [6.07, 6.45) is 0.743. The fourth-order valence-corrected chi connectivity index (χ4v) is 2.98. The standard InChI is InChI=1S/C21H24O4/c1-13(2)19-12-16(6-7-18(19)21(23)24-5)17-10-14(3)20(15(4)11-17)25-9-8-22/h6-8,10-13H,9H2,1-5H3. The number of rotatable bonds is 6. The summed E-state index contributed by atoms with van der Waals surface area (Å²) in [6.45, 7) is 8.08. The van der Waals surface area contributed by atoms with Gasteiger partial charge in [-0.15, -0.1) is 0 Å². The molecule has 2 aromatic carbocycles. The fraction of sp³-hybridized carbons (Fsp3) is 0.333. The minimum absolute atomic E-state index is 0.0480. The van der Waals surface area contributed by atoms with Crippen molar-refractivity contribution in [1.82, 2.24) is 0 Å². The van der Waals surface area contributed by atoms with E-state index in [2.05, 4.69) is 13.8 Å². The Kier molecular flexibility index (Phi) is 5.97. The van der Waals surface area contributed by atoms with E-state index in [1.54, 1.807) is 0 Å². The van der Waals surface area contributed by atoms with Gasteiger partial charge in [0.1, 0.15) is 12.4 Å². The number of ether oxygens (including phenoxy) is 2. The van der Waals surface area contributed by atoms with Gasteiger partial charge in [0.25, 0.3) is 0 Å². The van der Waals surface area contributed by atoms with Crippen LogP contribution in [0.25, 0.3) is 11.1 Å². The van der Waals surface area contributed by atoms with E-state index in [9.17, 15) is 9.59 Å². The molecule has 0 amide bonds. The van der Waals surface area contributed by atoms with Crippen molar-refractivity contribution < 1.29 is 19.1 Å². The highest BCUT2D eigenvalue weighted by molar-refractivity contribution is 5.92. The average molecular weight is 340 g/mol. The number of methoxy groups -OCH3 is 1. The van der Waals surface area contributed by atoms with E-state index >= 15 is 0 Å². The van der Waals surface area contributed by atoms with Crippen LogP contribution in [0.3, 0.4) is 0 Å². The second kappa shape index (κ2) is 7.97. The molecule has 0 fully saturated rings. The number of hydrogen-bond acceptors (Lipinski definition) is 4. The first-order valence-electron chi connectivity index (χ1n) is 8.29. The van der Waals surface area contributed by atoms with Crippen molar-refractivity contribution in [2.24, 2.45) is 0 Å². The van der Waals surface area contributed by atoms with Gasteiger partial charge in [-0.25, -0.2) is 4.79 Å². The molecule has 2 aromatic rings. The molecule has 0 N–H and O–H groups in total. The van der Waals surface area contributed by atoms with E-state index < -0.39 is 0 Å². The lowest BCUT2D eigenvalue weighted by Crippen LogP contribution is -2.07. The van der Waals surface area contributed by atoms with E-state index in [0.29, 0.717) is 5.56 Å². The van der Waals surface area contributed by atoms with E-state index in [1.807, 2.05) is 44.2 Å². The highest BCUT2D eigenvalue weighted by Gasteiger charge is 2.16. The van der Waals surface area contributed by atoms with Crippen molar-refractivity contribution in [3.8, 4) is 16.9 Å². The summed E-state index contributed by atoms with van der Waals surface area (Å²) in [6, 6.07) is 9.85. The lowest BCUT2D eigenvalue weighted by atomic mass is 9.91. The first kappa shape index (κ1) is 18.7. The molecule has 0 atom stereocenters. The SMILES string of the molecule is COC(=O)c1ccc(-c2cc(C)c(OCC=O)c(C)c2)cc1C(C)C. The zero-order valence-electron chi connectivity index (χ0n) is 15.4. The van der Waals surface area contributed by atoms with Gasteiger partial charge in [-0.3, -0.25) is 4.79 Å². The van der Waals surface area contributed by atoms with Crippen molar-refractivity contribution in [3.05, 3.63) is 52.6 Å². The molecule has 4 heteroatoms. The summed E-state index contributed by atoms with van der Waals surface area (Å²) in [5, 5.41) is 0. The number of benzene rings is 2. The van der Waals surface area contributed by atoms with E-state index in [-0.39, 0.29) is 18.5 Å². The van der Waals surface area contributed by atoms with Crippen molar-refractivity contribution >= 4 is 12.3 Å². The zero-order chi connectivity index (χ0) is 18.6. The summed E-state index contributed by atoms with van der Waals surface area (Å²) in [4.78, 5) is 22.5. The molecule has 0 aliphatic heterocycles. The second-order valence-electron chi connectivity index (χ2n) is 6.37. The Balaban J connectivity index is 2.50. The fourth-order valence-electron chi connectivity index (χ4n) is 2.98. The van der Waals surface area contributed by atoms with Crippen LogP contribution in [0, 0.1) is 13.8 Å². The highest BCUT2D eigenvalue weighted by atomic mass is 16.5. The van der Waals surface area contributed by atoms with Crippen LogP contribution >= 0.6 is 0 Å². The van der Waals surface area contributed by atoms with Crippen LogP contribution in [-0.2, 0) is 9.53 Å². The van der Waals surface area contributed by atoms with E-state index in [1.165, 1.54) is 7.11 Å². The molecule has 2 rings (SSSR count). The van der Waals surface area contributed by atoms with Crippen LogP contribution in [0.15, 0.2) is 30.3 Å². The van der Waals surface area contributed by atoms with Crippen LogP contribution in [0.2, 0.25) is 0 Å². The second-order valence-corrected chi connectivity index (χ2v) is 6.37. The molecule has 25 heavy (non-hydrogen) atoms. The number of carbonyl (C=O) groups excluding carboxylic acids is 2. The van der Waals surface area contributed by atoms with Crippen molar-refractivity contribution in [2.45, 2.75) is 33.6 Å². The molecule has 0 aromatic heterocycles. The lowest BCUT2D eigenvalue weighted by Gasteiger charge is -2.16. The van der Waals surface area contributed by atoms with Gasteiger partial charge in [-0.05, 0) is 65.8 Å². The van der Waals surface area contributed by atoms with Gasteiger partial charge < -0.3 is 9.47 Å². The third-order valence-electron chi connectivity index (χ3n) is 4.17. The van der Waals surface area contributed by atoms with Crippen LogP contribution in [-0.4, -0.2) is 26.0 Å². The van der Waals surface area contributed by atoms with Gasteiger partial charge in [0.15, 0.2) is 6.29 Å². The molecule has 0 aliphatic carbocycles. The summed E-state index contributed by atoms with van der Waals surface area (Å²) >= 11 is 0. The number of esters is 1. The van der Waals surface area contributed by atoms with E-state index in [4.69, 9.17) is 9.47 Å². The van der Waals surface area contributed by atoms with Crippen LogP contribution in [0.5, 0.6) is 5.75 Å². The molecule has 0 radical (unpaired) electrons. The number of carbonyl (C=O) groups is 2. The normalized spacial score (nSPS) is 10.6. The Morgan fingerprint density at radius 1 is 1.08 bits per heavy atom. The number of hydrogen-bond donors (Lipinski definition) is 0. The third-order valence-corrected chi connectivity index (χ3v) is 4.17. The first-order valence-corrected chi connectivity index (χ1v) is 8.29. The minimum Gasteiger partial charge on any atom is -0.486 e. The summed E-state index contributed by atoms with van der Waals surface area (Å²) < 4.78 is 10.4. The van der Waals surface area contributed by atoms with Gasteiger partial charge in [-0.1, -0.05) is 26.0 Å². The Labute approximate surface area is 148 Å². The maximum atomic E-state index is 12.0. The Morgan fingerprint density at radius 2 is 1.72 bits per heavy atom. The Bertz CT molecular complexity index is 767. The quantitative estimate of drug-likeness (QED) is 0.575. The van der Waals surface area contributed by atoms with Gasteiger partial charge in [0, 0.05) is 0 Å².